The number of carbonyl (C=O) groups is 4. The van der Waals surface area contributed by atoms with Crippen molar-refractivity contribution in [2.45, 2.75) is 46.2 Å². The minimum atomic E-state index is -1.06. The van der Waals surface area contributed by atoms with Crippen LogP contribution in [-0.4, -0.2) is 47.4 Å². The van der Waals surface area contributed by atoms with Crippen LogP contribution in [0.3, 0.4) is 0 Å². The molecule has 1 saturated heterocycles. The van der Waals surface area contributed by atoms with Crippen LogP contribution in [0.5, 0.6) is 0 Å². The van der Waals surface area contributed by atoms with E-state index in [4.69, 9.17) is 4.74 Å². The average molecular weight is 375 g/mol. The normalized spacial score (nSPS) is 16.7. The van der Waals surface area contributed by atoms with Gasteiger partial charge in [-0.2, -0.15) is 0 Å². The molecule has 8 heteroatoms. The minimum Gasteiger partial charge on any atom is -0.454 e. The second-order valence-electron chi connectivity index (χ2n) is 7.24. The predicted octanol–water partition coefficient (Wildman–Crippen LogP) is 1.35. The summed E-state index contributed by atoms with van der Waals surface area (Å²) in [7, 11) is 0. The molecule has 0 saturated carbocycles. The first-order valence-corrected chi connectivity index (χ1v) is 8.67. The van der Waals surface area contributed by atoms with Crippen LogP contribution in [0.25, 0.3) is 0 Å². The van der Waals surface area contributed by atoms with E-state index in [1.807, 2.05) is 39.0 Å². The lowest BCUT2D eigenvalue weighted by atomic mass is 10.0. The van der Waals surface area contributed by atoms with Gasteiger partial charge in [-0.05, 0) is 51.3 Å². The Hall–Kier alpha value is -2.90. The van der Waals surface area contributed by atoms with Crippen molar-refractivity contribution in [2.75, 3.05) is 13.2 Å². The molecule has 4 amide bonds. The molecule has 0 aliphatic carbocycles. The summed E-state index contributed by atoms with van der Waals surface area (Å²) >= 11 is 0. The van der Waals surface area contributed by atoms with Crippen molar-refractivity contribution in [3.05, 3.63) is 34.9 Å². The standard InChI is InChI=1S/C19H25N3O5/c1-11-6-7-14(8-12(11)2)13(3)20-15(23)10-27-16(24)9-22-17(25)19(4,5)21-18(22)26/h6-8,13H,9-10H2,1-5H3,(H,20,23)(H,21,26)/t13-/m0/s1. The zero-order valence-electron chi connectivity index (χ0n) is 16.2. The highest BCUT2D eigenvalue weighted by molar-refractivity contribution is 6.08. The molecule has 0 spiro atoms. The Labute approximate surface area is 158 Å². The smallest absolute Gasteiger partial charge is 0.326 e. The maximum absolute atomic E-state index is 12.0. The number of rotatable bonds is 6. The number of imide groups is 1. The lowest BCUT2D eigenvalue weighted by molar-refractivity contribution is -0.151. The maximum Gasteiger partial charge on any atom is 0.326 e. The fourth-order valence-electron chi connectivity index (χ4n) is 2.68. The molecule has 0 aromatic heterocycles. The molecule has 1 fully saturated rings. The van der Waals surface area contributed by atoms with E-state index in [-0.39, 0.29) is 6.04 Å². The van der Waals surface area contributed by atoms with Crippen LogP contribution < -0.4 is 10.6 Å². The monoisotopic (exact) mass is 375 g/mol. The van der Waals surface area contributed by atoms with Gasteiger partial charge in [0.15, 0.2) is 6.61 Å². The van der Waals surface area contributed by atoms with Gasteiger partial charge in [0.2, 0.25) is 0 Å². The quantitative estimate of drug-likeness (QED) is 0.577. The van der Waals surface area contributed by atoms with Crippen LogP contribution in [0.15, 0.2) is 18.2 Å². The van der Waals surface area contributed by atoms with Gasteiger partial charge >= 0.3 is 12.0 Å². The second kappa shape index (κ2) is 7.77. The van der Waals surface area contributed by atoms with Crippen LogP contribution in [0, 0.1) is 13.8 Å². The number of aryl methyl sites for hydroxylation is 2. The highest BCUT2D eigenvalue weighted by atomic mass is 16.5. The first kappa shape index (κ1) is 20.4. The molecule has 0 bridgehead atoms. The van der Waals surface area contributed by atoms with Crippen LogP contribution in [-0.2, 0) is 19.1 Å². The molecule has 1 atom stereocenters. The summed E-state index contributed by atoms with van der Waals surface area (Å²) in [5.41, 5.74) is 2.17. The Morgan fingerprint density at radius 3 is 2.44 bits per heavy atom. The van der Waals surface area contributed by atoms with E-state index in [1.165, 1.54) is 0 Å². The van der Waals surface area contributed by atoms with Crippen molar-refractivity contribution >= 4 is 23.8 Å². The third-order valence-corrected chi connectivity index (χ3v) is 4.50. The molecule has 8 nitrogen and oxygen atoms in total. The predicted molar refractivity (Wildman–Crippen MR) is 97.8 cm³/mol. The van der Waals surface area contributed by atoms with Gasteiger partial charge < -0.3 is 15.4 Å². The fourth-order valence-corrected chi connectivity index (χ4v) is 2.68. The third kappa shape index (κ3) is 4.84. The van der Waals surface area contributed by atoms with Gasteiger partial charge in [-0.3, -0.25) is 19.3 Å². The van der Waals surface area contributed by atoms with Crippen molar-refractivity contribution in [3.63, 3.8) is 0 Å². The van der Waals surface area contributed by atoms with Gasteiger partial charge in [0.1, 0.15) is 12.1 Å². The molecule has 0 unspecified atom stereocenters. The highest BCUT2D eigenvalue weighted by Crippen LogP contribution is 2.17. The molecule has 0 radical (unpaired) electrons. The molecule has 146 valence electrons. The first-order valence-electron chi connectivity index (χ1n) is 8.67. The van der Waals surface area contributed by atoms with Crippen LogP contribution in [0.4, 0.5) is 4.79 Å². The van der Waals surface area contributed by atoms with Gasteiger partial charge in [-0.25, -0.2) is 4.79 Å². The zero-order valence-corrected chi connectivity index (χ0v) is 16.2. The number of amides is 4. The van der Waals surface area contributed by atoms with Crippen molar-refractivity contribution < 1.29 is 23.9 Å². The third-order valence-electron chi connectivity index (χ3n) is 4.50. The largest absolute Gasteiger partial charge is 0.454 e. The number of hydrogen-bond acceptors (Lipinski definition) is 5. The molecule has 1 aliphatic rings. The number of esters is 1. The van der Waals surface area contributed by atoms with E-state index in [0.29, 0.717) is 0 Å². The van der Waals surface area contributed by atoms with Crippen LogP contribution in [0.1, 0.15) is 43.5 Å². The lowest BCUT2D eigenvalue weighted by Gasteiger charge is -2.17. The number of ether oxygens (including phenoxy) is 1. The topological polar surface area (TPSA) is 105 Å². The molecule has 27 heavy (non-hydrogen) atoms. The summed E-state index contributed by atoms with van der Waals surface area (Å²) in [6, 6.07) is 4.99. The van der Waals surface area contributed by atoms with E-state index in [0.717, 1.165) is 21.6 Å². The number of benzene rings is 1. The minimum absolute atomic E-state index is 0.248. The van der Waals surface area contributed by atoms with Crippen molar-refractivity contribution in [2.24, 2.45) is 0 Å². The molecular weight excluding hydrogens is 350 g/mol. The number of nitrogens with one attached hydrogen (secondary N) is 2. The molecule has 1 heterocycles. The fraction of sp³-hybridized carbons (Fsp3) is 0.474. The van der Waals surface area contributed by atoms with Gasteiger partial charge in [0.05, 0.1) is 6.04 Å². The number of urea groups is 1. The second-order valence-corrected chi connectivity index (χ2v) is 7.24. The summed E-state index contributed by atoms with van der Waals surface area (Å²) < 4.78 is 4.89. The molecule has 1 aromatic rings. The summed E-state index contributed by atoms with van der Waals surface area (Å²) in [5, 5.41) is 5.21. The summed E-state index contributed by atoms with van der Waals surface area (Å²) in [6.07, 6.45) is 0. The Bertz CT molecular complexity index is 788. The molecule has 2 rings (SSSR count). The molecule has 1 aliphatic heterocycles. The first-order chi connectivity index (χ1) is 12.5. The Balaban J connectivity index is 1.83. The lowest BCUT2D eigenvalue weighted by Crippen LogP contribution is -2.41. The van der Waals surface area contributed by atoms with E-state index in [9.17, 15) is 19.2 Å². The van der Waals surface area contributed by atoms with E-state index in [1.54, 1.807) is 13.8 Å². The van der Waals surface area contributed by atoms with Crippen molar-refractivity contribution in [1.29, 1.82) is 0 Å². The summed E-state index contributed by atoms with van der Waals surface area (Å²) in [4.78, 5) is 48.4. The Morgan fingerprint density at radius 2 is 1.89 bits per heavy atom. The highest BCUT2D eigenvalue weighted by Gasteiger charge is 2.45. The van der Waals surface area contributed by atoms with Gasteiger partial charge in [-0.15, -0.1) is 0 Å². The van der Waals surface area contributed by atoms with E-state index < -0.39 is 42.5 Å². The van der Waals surface area contributed by atoms with Crippen molar-refractivity contribution in [1.82, 2.24) is 15.5 Å². The maximum atomic E-state index is 12.0. The van der Waals surface area contributed by atoms with E-state index in [2.05, 4.69) is 10.6 Å². The number of nitrogens with zero attached hydrogens (tertiary/aromatic N) is 1. The summed E-state index contributed by atoms with van der Waals surface area (Å²) in [6.45, 7) is 7.90. The Morgan fingerprint density at radius 1 is 1.22 bits per heavy atom. The van der Waals surface area contributed by atoms with Gasteiger partial charge in [-0.1, -0.05) is 18.2 Å². The number of hydrogen-bond donors (Lipinski definition) is 2. The van der Waals surface area contributed by atoms with Crippen molar-refractivity contribution in [3.8, 4) is 0 Å². The number of carbonyl (C=O) groups excluding carboxylic acids is 4. The molecule has 1 aromatic carbocycles. The molecule has 2 N–H and O–H groups in total. The van der Waals surface area contributed by atoms with Crippen LogP contribution >= 0.6 is 0 Å². The van der Waals surface area contributed by atoms with E-state index >= 15 is 0 Å². The van der Waals surface area contributed by atoms with Gasteiger partial charge in [0.25, 0.3) is 11.8 Å². The van der Waals surface area contributed by atoms with Gasteiger partial charge in [0, 0.05) is 0 Å². The SMILES string of the molecule is Cc1ccc([C@H](C)NC(=O)COC(=O)CN2C(=O)NC(C)(C)C2=O)cc1C. The average Bonchev–Trinajstić information content (AvgIpc) is 2.77. The Kier molecular flexibility index (Phi) is 5.88. The summed E-state index contributed by atoms with van der Waals surface area (Å²) in [5.74, 6) is -1.81. The molecular formula is C19H25N3O5. The van der Waals surface area contributed by atoms with Crippen LogP contribution in [0.2, 0.25) is 0 Å². The zero-order chi connectivity index (χ0) is 20.4.